The highest BCUT2D eigenvalue weighted by Gasteiger charge is 2.09. The van der Waals surface area contributed by atoms with Crippen molar-refractivity contribution in [3.8, 4) is 0 Å². The van der Waals surface area contributed by atoms with Gasteiger partial charge in [0, 0.05) is 11.7 Å². The molecule has 2 aromatic rings. The number of anilines is 1. The number of halogens is 3. The topological polar surface area (TPSA) is 12.0 Å². The highest BCUT2D eigenvalue weighted by molar-refractivity contribution is 6.30. The first-order valence-electron chi connectivity index (χ1n) is 5.95. The van der Waals surface area contributed by atoms with E-state index in [1.54, 1.807) is 31.2 Å². The Bertz CT molecular complexity index is 599. The molecular formula is C15H14ClF2N. The van der Waals surface area contributed by atoms with E-state index < -0.39 is 5.82 Å². The van der Waals surface area contributed by atoms with Crippen LogP contribution in [-0.4, -0.2) is 0 Å². The van der Waals surface area contributed by atoms with Gasteiger partial charge in [0.1, 0.15) is 11.6 Å². The first-order valence-corrected chi connectivity index (χ1v) is 6.33. The van der Waals surface area contributed by atoms with Crippen LogP contribution in [0.25, 0.3) is 0 Å². The monoisotopic (exact) mass is 281 g/mol. The van der Waals surface area contributed by atoms with Crippen LogP contribution in [0.2, 0.25) is 5.02 Å². The highest BCUT2D eigenvalue weighted by Crippen LogP contribution is 2.24. The van der Waals surface area contributed by atoms with Crippen molar-refractivity contribution in [2.45, 2.75) is 19.9 Å². The fourth-order valence-corrected chi connectivity index (χ4v) is 2.04. The Balaban J connectivity index is 2.17. The van der Waals surface area contributed by atoms with E-state index in [2.05, 4.69) is 5.32 Å². The molecule has 0 spiro atoms. The SMILES string of the molecule is Cc1cc(NC(C)c2ccc(F)c(Cl)c2)ccc1F. The lowest BCUT2D eigenvalue weighted by molar-refractivity contribution is 0.618. The third kappa shape index (κ3) is 3.24. The second-order valence-electron chi connectivity index (χ2n) is 4.50. The average molecular weight is 282 g/mol. The van der Waals surface area contributed by atoms with E-state index in [0.29, 0.717) is 5.56 Å². The smallest absolute Gasteiger partial charge is 0.141 e. The molecule has 0 aliphatic heterocycles. The van der Waals surface area contributed by atoms with Gasteiger partial charge in [-0.3, -0.25) is 0 Å². The van der Waals surface area contributed by atoms with Crippen molar-refractivity contribution in [2.24, 2.45) is 0 Å². The predicted molar refractivity (Wildman–Crippen MR) is 74.6 cm³/mol. The van der Waals surface area contributed by atoms with Crippen LogP contribution >= 0.6 is 11.6 Å². The largest absolute Gasteiger partial charge is 0.379 e. The molecule has 1 atom stereocenters. The molecule has 0 fully saturated rings. The zero-order valence-corrected chi connectivity index (χ0v) is 11.4. The standard InChI is InChI=1S/C15H14ClF2N/c1-9-7-12(4-6-14(9)17)19-10(2)11-3-5-15(18)13(16)8-11/h3-8,10,19H,1-2H3. The van der Waals surface area contributed by atoms with Gasteiger partial charge in [-0.25, -0.2) is 8.78 Å². The molecule has 2 rings (SSSR count). The van der Waals surface area contributed by atoms with Gasteiger partial charge in [-0.05, 0) is 55.3 Å². The molecule has 1 nitrogen and oxygen atoms in total. The number of aryl methyl sites for hydroxylation is 1. The minimum atomic E-state index is -0.435. The highest BCUT2D eigenvalue weighted by atomic mass is 35.5. The van der Waals surface area contributed by atoms with Crippen molar-refractivity contribution in [1.82, 2.24) is 0 Å². The average Bonchev–Trinajstić information content (AvgIpc) is 2.37. The van der Waals surface area contributed by atoms with E-state index in [1.165, 1.54) is 12.1 Å². The van der Waals surface area contributed by atoms with E-state index in [1.807, 2.05) is 6.92 Å². The van der Waals surface area contributed by atoms with Gasteiger partial charge in [0.25, 0.3) is 0 Å². The van der Waals surface area contributed by atoms with E-state index in [9.17, 15) is 8.78 Å². The molecule has 0 saturated carbocycles. The lowest BCUT2D eigenvalue weighted by atomic mass is 10.1. The normalized spacial score (nSPS) is 12.3. The number of hydrogen-bond acceptors (Lipinski definition) is 1. The molecule has 2 aromatic carbocycles. The molecule has 0 aromatic heterocycles. The Morgan fingerprint density at radius 2 is 1.74 bits per heavy atom. The Hall–Kier alpha value is -1.61. The number of benzene rings is 2. The molecule has 0 heterocycles. The van der Waals surface area contributed by atoms with Crippen LogP contribution in [-0.2, 0) is 0 Å². The zero-order valence-electron chi connectivity index (χ0n) is 10.7. The van der Waals surface area contributed by atoms with Gasteiger partial charge in [0.05, 0.1) is 5.02 Å². The quantitative estimate of drug-likeness (QED) is 0.825. The second kappa shape index (κ2) is 5.57. The maximum Gasteiger partial charge on any atom is 0.141 e. The molecule has 1 unspecified atom stereocenters. The first kappa shape index (κ1) is 13.8. The molecule has 19 heavy (non-hydrogen) atoms. The molecule has 0 saturated heterocycles. The van der Waals surface area contributed by atoms with Gasteiger partial charge < -0.3 is 5.32 Å². The van der Waals surface area contributed by atoms with E-state index >= 15 is 0 Å². The third-order valence-corrected chi connectivity index (χ3v) is 3.27. The molecule has 4 heteroatoms. The van der Waals surface area contributed by atoms with Crippen molar-refractivity contribution in [3.05, 3.63) is 64.2 Å². The lowest BCUT2D eigenvalue weighted by Gasteiger charge is -2.16. The van der Waals surface area contributed by atoms with Crippen LogP contribution < -0.4 is 5.32 Å². The van der Waals surface area contributed by atoms with Gasteiger partial charge in [-0.1, -0.05) is 17.7 Å². The molecule has 0 bridgehead atoms. The van der Waals surface area contributed by atoms with Gasteiger partial charge >= 0.3 is 0 Å². The second-order valence-corrected chi connectivity index (χ2v) is 4.91. The fraction of sp³-hybridized carbons (Fsp3) is 0.200. The summed E-state index contributed by atoms with van der Waals surface area (Å²) in [5.41, 5.74) is 2.26. The van der Waals surface area contributed by atoms with Crippen molar-refractivity contribution < 1.29 is 8.78 Å². The van der Waals surface area contributed by atoms with Gasteiger partial charge in [0.2, 0.25) is 0 Å². The lowest BCUT2D eigenvalue weighted by Crippen LogP contribution is -2.07. The van der Waals surface area contributed by atoms with Crippen LogP contribution in [0, 0.1) is 18.6 Å². The summed E-state index contributed by atoms with van der Waals surface area (Å²) in [6.07, 6.45) is 0. The summed E-state index contributed by atoms with van der Waals surface area (Å²) >= 11 is 5.75. The zero-order chi connectivity index (χ0) is 14.0. The van der Waals surface area contributed by atoms with Gasteiger partial charge in [0.15, 0.2) is 0 Å². The van der Waals surface area contributed by atoms with Crippen molar-refractivity contribution in [2.75, 3.05) is 5.32 Å². The van der Waals surface area contributed by atoms with Crippen LogP contribution in [0.15, 0.2) is 36.4 Å². The molecule has 100 valence electrons. The first-order chi connectivity index (χ1) is 8.97. The summed E-state index contributed by atoms with van der Waals surface area (Å²) in [5, 5.41) is 3.32. The molecule has 0 aliphatic rings. The summed E-state index contributed by atoms with van der Waals surface area (Å²) in [6.45, 7) is 3.64. The predicted octanol–water partition coefficient (Wildman–Crippen LogP) is 5.10. The van der Waals surface area contributed by atoms with E-state index in [0.717, 1.165) is 11.3 Å². The molecular weight excluding hydrogens is 268 g/mol. The summed E-state index contributed by atoms with van der Waals surface area (Å²) in [4.78, 5) is 0. The molecule has 0 aliphatic carbocycles. The maximum absolute atomic E-state index is 13.2. The Morgan fingerprint density at radius 1 is 1.05 bits per heavy atom. The van der Waals surface area contributed by atoms with Crippen LogP contribution in [0.3, 0.4) is 0 Å². The van der Waals surface area contributed by atoms with Gasteiger partial charge in [-0.2, -0.15) is 0 Å². The summed E-state index contributed by atoms with van der Waals surface area (Å²) in [5.74, 6) is -0.668. The fourth-order valence-electron chi connectivity index (χ4n) is 1.85. The van der Waals surface area contributed by atoms with Crippen LogP contribution in [0.4, 0.5) is 14.5 Å². The Morgan fingerprint density at radius 3 is 2.37 bits per heavy atom. The van der Waals surface area contributed by atoms with Crippen molar-refractivity contribution in [1.29, 1.82) is 0 Å². The summed E-state index contributed by atoms with van der Waals surface area (Å²) in [7, 11) is 0. The van der Waals surface area contributed by atoms with E-state index in [-0.39, 0.29) is 16.9 Å². The minimum absolute atomic E-state index is 0.0528. The van der Waals surface area contributed by atoms with Crippen molar-refractivity contribution >= 4 is 17.3 Å². The number of hydrogen-bond donors (Lipinski definition) is 1. The third-order valence-electron chi connectivity index (χ3n) is 2.98. The number of rotatable bonds is 3. The maximum atomic E-state index is 13.2. The van der Waals surface area contributed by atoms with E-state index in [4.69, 9.17) is 11.6 Å². The van der Waals surface area contributed by atoms with Gasteiger partial charge in [-0.15, -0.1) is 0 Å². The Labute approximate surface area is 116 Å². The van der Waals surface area contributed by atoms with Crippen LogP contribution in [0.1, 0.15) is 24.1 Å². The Kier molecular flexibility index (Phi) is 4.05. The summed E-state index contributed by atoms with van der Waals surface area (Å²) in [6, 6.07) is 9.37. The molecule has 1 N–H and O–H groups in total. The summed E-state index contributed by atoms with van der Waals surface area (Å²) < 4.78 is 26.3. The molecule has 0 amide bonds. The van der Waals surface area contributed by atoms with Crippen LogP contribution in [0.5, 0.6) is 0 Å². The number of nitrogens with one attached hydrogen (secondary N) is 1. The molecule has 0 radical (unpaired) electrons. The minimum Gasteiger partial charge on any atom is -0.379 e. The van der Waals surface area contributed by atoms with Crippen molar-refractivity contribution in [3.63, 3.8) is 0 Å².